The van der Waals surface area contributed by atoms with Gasteiger partial charge < -0.3 is 5.11 Å². The van der Waals surface area contributed by atoms with Gasteiger partial charge in [0.25, 0.3) is 0 Å². The van der Waals surface area contributed by atoms with E-state index < -0.39 is 11.5 Å². The van der Waals surface area contributed by atoms with E-state index in [-0.39, 0.29) is 6.04 Å². The molecular weight excluding hydrogens is 240 g/mol. The number of carbonyl (C=O) groups is 1. The van der Waals surface area contributed by atoms with Crippen LogP contribution < -0.4 is 5.32 Å². The molecule has 0 bridgehead atoms. The molecule has 0 aliphatic carbocycles. The van der Waals surface area contributed by atoms with Crippen LogP contribution in [0.3, 0.4) is 0 Å². The average Bonchev–Trinajstić information content (AvgIpc) is 2.38. The van der Waals surface area contributed by atoms with E-state index in [0.717, 1.165) is 12.0 Å². The molecule has 0 radical (unpaired) electrons. The van der Waals surface area contributed by atoms with Crippen molar-refractivity contribution in [2.75, 3.05) is 0 Å². The Hall–Kier alpha value is -1.86. The first-order valence-corrected chi connectivity index (χ1v) is 6.44. The molecule has 19 heavy (non-hydrogen) atoms. The Morgan fingerprint density at radius 2 is 2.26 bits per heavy atom. The molecule has 2 N–H and O–H groups in total. The number of hydrogen-bond donors (Lipinski definition) is 2. The minimum Gasteiger partial charge on any atom is -0.480 e. The Morgan fingerprint density at radius 3 is 2.79 bits per heavy atom. The van der Waals surface area contributed by atoms with E-state index in [1.54, 1.807) is 19.1 Å². The normalized spacial score (nSPS) is 15.3. The fourth-order valence-electron chi connectivity index (χ4n) is 2.18. The second kappa shape index (κ2) is 6.35. The molecule has 1 rings (SSSR count). The molecular formula is C15H20N2O2. The number of nitrogens with zero attached hydrogens (tertiary/aromatic N) is 1. The van der Waals surface area contributed by atoms with E-state index in [0.29, 0.717) is 12.0 Å². The zero-order chi connectivity index (χ0) is 14.5. The van der Waals surface area contributed by atoms with Gasteiger partial charge in [-0.3, -0.25) is 10.1 Å². The zero-order valence-electron chi connectivity index (χ0n) is 11.6. The van der Waals surface area contributed by atoms with Gasteiger partial charge in [-0.25, -0.2) is 0 Å². The third kappa shape index (κ3) is 3.80. The van der Waals surface area contributed by atoms with Crippen molar-refractivity contribution >= 4 is 5.97 Å². The quantitative estimate of drug-likeness (QED) is 0.825. The van der Waals surface area contributed by atoms with Gasteiger partial charge in [-0.1, -0.05) is 25.5 Å². The molecule has 0 saturated heterocycles. The minimum absolute atomic E-state index is 0.124. The number of hydrogen-bond acceptors (Lipinski definition) is 3. The standard InChI is InChI=1S/C15H20N2O2/c1-4-8-15(3,14(18)19)17-11(2)13-7-5-6-12(9-13)10-16/h5-7,9,11,17H,4,8H2,1-3H3,(H,18,19). The average molecular weight is 260 g/mol. The lowest BCUT2D eigenvalue weighted by atomic mass is 9.93. The van der Waals surface area contributed by atoms with Crippen molar-refractivity contribution in [1.29, 1.82) is 5.26 Å². The maximum absolute atomic E-state index is 11.4. The fourth-order valence-corrected chi connectivity index (χ4v) is 2.18. The molecule has 4 nitrogen and oxygen atoms in total. The molecule has 0 aliphatic heterocycles. The Labute approximate surface area is 114 Å². The summed E-state index contributed by atoms with van der Waals surface area (Å²) in [6.07, 6.45) is 1.35. The predicted octanol–water partition coefficient (Wildman–Crippen LogP) is 2.85. The molecule has 102 valence electrons. The summed E-state index contributed by atoms with van der Waals surface area (Å²) in [6, 6.07) is 9.19. The number of carboxylic acids is 1. The second-order valence-electron chi connectivity index (χ2n) is 4.99. The van der Waals surface area contributed by atoms with Gasteiger partial charge in [0.1, 0.15) is 5.54 Å². The smallest absolute Gasteiger partial charge is 0.323 e. The summed E-state index contributed by atoms with van der Waals surface area (Å²) in [5, 5.41) is 21.4. The molecule has 1 aromatic rings. The van der Waals surface area contributed by atoms with Gasteiger partial charge in [0.2, 0.25) is 0 Å². The van der Waals surface area contributed by atoms with E-state index in [9.17, 15) is 9.90 Å². The molecule has 0 aliphatic rings. The minimum atomic E-state index is -0.948. The third-order valence-corrected chi connectivity index (χ3v) is 3.27. The van der Waals surface area contributed by atoms with Crippen LogP contribution in [-0.4, -0.2) is 16.6 Å². The highest BCUT2D eigenvalue weighted by atomic mass is 16.4. The highest BCUT2D eigenvalue weighted by Gasteiger charge is 2.33. The summed E-state index contributed by atoms with van der Waals surface area (Å²) >= 11 is 0. The van der Waals surface area contributed by atoms with Gasteiger partial charge in [0.15, 0.2) is 0 Å². The van der Waals surface area contributed by atoms with Crippen molar-refractivity contribution in [1.82, 2.24) is 5.32 Å². The Balaban J connectivity index is 2.91. The summed E-state index contributed by atoms with van der Waals surface area (Å²) in [4.78, 5) is 11.4. The number of rotatable bonds is 6. The van der Waals surface area contributed by atoms with Crippen molar-refractivity contribution < 1.29 is 9.90 Å². The number of nitrogens with one attached hydrogen (secondary N) is 1. The van der Waals surface area contributed by atoms with E-state index in [2.05, 4.69) is 11.4 Å². The van der Waals surface area contributed by atoms with Crippen LogP contribution in [0.15, 0.2) is 24.3 Å². The summed E-state index contributed by atoms with van der Waals surface area (Å²) in [5.41, 5.74) is 0.554. The van der Waals surface area contributed by atoms with Crippen molar-refractivity contribution in [2.45, 2.75) is 45.2 Å². The van der Waals surface area contributed by atoms with Crippen LogP contribution in [0, 0.1) is 11.3 Å². The molecule has 0 amide bonds. The Kier molecular flexibility index (Phi) is 5.08. The lowest BCUT2D eigenvalue weighted by Gasteiger charge is -2.30. The molecule has 0 spiro atoms. The first-order chi connectivity index (χ1) is 8.92. The van der Waals surface area contributed by atoms with Crippen LogP contribution >= 0.6 is 0 Å². The largest absolute Gasteiger partial charge is 0.480 e. The van der Waals surface area contributed by atoms with Gasteiger partial charge in [-0.05, 0) is 38.0 Å². The maximum atomic E-state index is 11.4. The second-order valence-corrected chi connectivity index (χ2v) is 4.99. The SMILES string of the molecule is CCCC(C)(NC(C)c1cccc(C#N)c1)C(=O)O. The van der Waals surface area contributed by atoms with Crippen LogP contribution in [0.5, 0.6) is 0 Å². The van der Waals surface area contributed by atoms with Crippen LogP contribution in [0.2, 0.25) is 0 Å². The Bertz CT molecular complexity index is 493. The van der Waals surface area contributed by atoms with Crippen LogP contribution in [-0.2, 0) is 4.79 Å². The molecule has 0 fully saturated rings. The van der Waals surface area contributed by atoms with Crippen molar-refractivity contribution in [3.05, 3.63) is 35.4 Å². The number of benzene rings is 1. The predicted molar refractivity (Wildman–Crippen MR) is 73.7 cm³/mol. The number of carboxylic acid groups (broad SMARTS) is 1. The molecule has 0 heterocycles. The van der Waals surface area contributed by atoms with Gasteiger partial charge >= 0.3 is 5.97 Å². The molecule has 1 aromatic carbocycles. The lowest BCUT2D eigenvalue weighted by Crippen LogP contribution is -2.50. The van der Waals surface area contributed by atoms with E-state index in [1.165, 1.54) is 0 Å². The van der Waals surface area contributed by atoms with Gasteiger partial charge in [-0.15, -0.1) is 0 Å². The van der Waals surface area contributed by atoms with E-state index >= 15 is 0 Å². The summed E-state index contributed by atoms with van der Waals surface area (Å²) in [5.74, 6) is -0.849. The van der Waals surface area contributed by atoms with Crippen molar-refractivity contribution in [2.24, 2.45) is 0 Å². The number of aliphatic carboxylic acids is 1. The maximum Gasteiger partial charge on any atom is 0.323 e. The zero-order valence-corrected chi connectivity index (χ0v) is 11.6. The van der Waals surface area contributed by atoms with Gasteiger partial charge in [0.05, 0.1) is 11.6 Å². The highest BCUT2D eigenvalue weighted by molar-refractivity contribution is 5.78. The first kappa shape index (κ1) is 15.2. The molecule has 2 atom stereocenters. The summed E-state index contributed by atoms with van der Waals surface area (Å²) < 4.78 is 0. The molecule has 0 saturated carbocycles. The first-order valence-electron chi connectivity index (χ1n) is 6.44. The van der Waals surface area contributed by atoms with Gasteiger partial charge in [-0.2, -0.15) is 5.26 Å². The van der Waals surface area contributed by atoms with Crippen LogP contribution in [0.25, 0.3) is 0 Å². The molecule has 0 aromatic heterocycles. The molecule has 2 unspecified atom stereocenters. The summed E-state index contributed by atoms with van der Waals surface area (Å²) in [6.45, 7) is 5.57. The van der Waals surface area contributed by atoms with Crippen LogP contribution in [0.1, 0.15) is 50.8 Å². The lowest BCUT2D eigenvalue weighted by molar-refractivity contribution is -0.144. The monoisotopic (exact) mass is 260 g/mol. The highest BCUT2D eigenvalue weighted by Crippen LogP contribution is 2.21. The van der Waals surface area contributed by atoms with Crippen LogP contribution in [0.4, 0.5) is 0 Å². The van der Waals surface area contributed by atoms with Crippen molar-refractivity contribution in [3.63, 3.8) is 0 Å². The van der Waals surface area contributed by atoms with E-state index in [4.69, 9.17) is 5.26 Å². The number of nitriles is 1. The topological polar surface area (TPSA) is 73.1 Å². The third-order valence-electron chi connectivity index (χ3n) is 3.27. The van der Waals surface area contributed by atoms with Gasteiger partial charge in [0, 0.05) is 6.04 Å². The van der Waals surface area contributed by atoms with Crippen molar-refractivity contribution in [3.8, 4) is 6.07 Å². The fraction of sp³-hybridized carbons (Fsp3) is 0.467. The Morgan fingerprint density at radius 1 is 1.58 bits per heavy atom. The summed E-state index contributed by atoms with van der Waals surface area (Å²) in [7, 11) is 0. The van der Waals surface area contributed by atoms with E-state index in [1.807, 2.05) is 26.0 Å². The molecule has 4 heteroatoms.